The van der Waals surface area contributed by atoms with Gasteiger partial charge in [-0.2, -0.15) is 0 Å². The van der Waals surface area contributed by atoms with Gasteiger partial charge in [0, 0.05) is 6.07 Å². The van der Waals surface area contributed by atoms with Crippen LogP contribution in [0.2, 0.25) is 5.15 Å². The van der Waals surface area contributed by atoms with E-state index >= 15 is 0 Å². The van der Waals surface area contributed by atoms with Gasteiger partial charge in [-0.3, -0.25) is 4.79 Å². The van der Waals surface area contributed by atoms with Crippen LogP contribution in [-0.2, 0) is 4.79 Å². The Kier molecular flexibility index (Phi) is 2.82. The van der Waals surface area contributed by atoms with Gasteiger partial charge in [-0.1, -0.05) is 11.6 Å². The lowest BCUT2D eigenvalue weighted by molar-refractivity contribution is -0.134. The number of hydrogen-bond donors (Lipinski definition) is 2. The minimum atomic E-state index is -0.954. The molecule has 0 atom stereocenters. The van der Waals surface area contributed by atoms with Crippen LogP contribution < -0.4 is 5.32 Å². The zero-order valence-electron chi connectivity index (χ0n) is 5.99. The van der Waals surface area contributed by atoms with Gasteiger partial charge in [0.05, 0.1) is 0 Å². The summed E-state index contributed by atoms with van der Waals surface area (Å²) in [5, 5.41) is 11.1. The lowest BCUT2D eigenvalue weighted by Crippen LogP contribution is -2.13. The molecule has 12 heavy (non-hydrogen) atoms. The molecule has 0 aromatic carbocycles. The SMILES string of the molecule is O=C(O)CNc1cc(Cl)ncn1. The number of nitrogens with one attached hydrogen (secondary N) is 1. The zero-order valence-corrected chi connectivity index (χ0v) is 6.75. The molecule has 1 aromatic rings. The first-order chi connectivity index (χ1) is 5.68. The number of hydrogen-bond acceptors (Lipinski definition) is 4. The highest BCUT2D eigenvalue weighted by Crippen LogP contribution is 2.07. The Morgan fingerprint density at radius 3 is 3.00 bits per heavy atom. The first kappa shape index (κ1) is 8.73. The van der Waals surface area contributed by atoms with Crippen LogP contribution >= 0.6 is 11.6 Å². The molecule has 0 aliphatic rings. The number of carbonyl (C=O) groups is 1. The molecule has 1 rings (SSSR count). The Morgan fingerprint density at radius 1 is 1.67 bits per heavy atom. The van der Waals surface area contributed by atoms with Crippen molar-refractivity contribution in [2.24, 2.45) is 0 Å². The summed E-state index contributed by atoms with van der Waals surface area (Å²) in [5.74, 6) is -0.554. The van der Waals surface area contributed by atoms with Gasteiger partial charge in [-0.15, -0.1) is 0 Å². The van der Waals surface area contributed by atoms with Crippen LogP contribution in [0.15, 0.2) is 12.4 Å². The van der Waals surface area contributed by atoms with E-state index in [0.717, 1.165) is 0 Å². The fourth-order valence-electron chi connectivity index (χ4n) is 0.596. The van der Waals surface area contributed by atoms with Gasteiger partial charge in [-0.05, 0) is 0 Å². The van der Waals surface area contributed by atoms with Crippen molar-refractivity contribution in [3.8, 4) is 0 Å². The summed E-state index contributed by atoms with van der Waals surface area (Å²) >= 11 is 5.52. The summed E-state index contributed by atoms with van der Waals surface area (Å²) in [6, 6.07) is 1.45. The lowest BCUT2D eigenvalue weighted by atomic mass is 10.5. The van der Waals surface area contributed by atoms with Gasteiger partial charge in [0.25, 0.3) is 0 Å². The summed E-state index contributed by atoms with van der Waals surface area (Å²) in [6.07, 6.45) is 1.26. The second-order valence-electron chi connectivity index (χ2n) is 1.97. The molecule has 0 aliphatic carbocycles. The van der Waals surface area contributed by atoms with E-state index in [9.17, 15) is 4.79 Å². The average molecular weight is 188 g/mol. The Balaban J connectivity index is 2.57. The third kappa shape index (κ3) is 2.71. The first-order valence-electron chi connectivity index (χ1n) is 3.11. The molecule has 1 heterocycles. The third-order valence-corrected chi connectivity index (χ3v) is 1.26. The molecule has 0 spiro atoms. The van der Waals surface area contributed by atoms with Gasteiger partial charge >= 0.3 is 5.97 Å². The summed E-state index contributed by atoms with van der Waals surface area (Å²) in [5.41, 5.74) is 0. The van der Waals surface area contributed by atoms with Gasteiger partial charge in [-0.25, -0.2) is 9.97 Å². The van der Waals surface area contributed by atoms with Gasteiger partial charge in [0.2, 0.25) is 0 Å². The molecule has 0 saturated carbocycles. The predicted molar refractivity (Wildman–Crippen MR) is 43.2 cm³/mol. The van der Waals surface area contributed by atoms with Crippen molar-refractivity contribution < 1.29 is 9.90 Å². The van der Waals surface area contributed by atoms with Crippen molar-refractivity contribution in [3.63, 3.8) is 0 Å². The summed E-state index contributed by atoms with van der Waals surface area (Å²) in [4.78, 5) is 17.5. The largest absolute Gasteiger partial charge is 0.480 e. The number of aliphatic carboxylic acids is 1. The molecule has 0 unspecified atom stereocenters. The number of carboxylic acids is 1. The van der Waals surface area contributed by atoms with Crippen LogP contribution in [-0.4, -0.2) is 27.6 Å². The Bertz CT molecular complexity index is 292. The molecule has 0 saturated heterocycles. The third-order valence-electron chi connectivity index (χ3n) is 1.05. The van der Waals surface area contributed by atoms with Crippen molar-refractivity contribution in [2.75, 3.05) is 11.9 Å². The van der Waals surface area contributed by atoms with Crippen molar-refractivity contribution in [3.05, 3.63) is 17.5 Å². The van der Waals surface area contributed by atoms with Gasteiger partial charge in [0.15, 0.2) is 0 Å². The van der Waals surface area contributed by atoms with E-state index < -0.39 is 5.97 Å². The van der Waals surface area contributed by atoms with Crippen LogP contribution in [0.3, 0.4) is 0 Å². The smallest absolute Gasteiger partial charge is 0.322 e. The Labute approximate surface area is 73.4 Å². The monoisotopic (exact) mass is 187 g/mol. The second-order valence-corrected chi connectivity index (χ2v) is 2.36. The number of aromatic nitrogens is 2. The Morgan fingerprint density at radius 2 is 2.42 bits per heavy atom. The van der Waals surface area contributed by atoms with Crippen LogP contribution in [0.1, 0.15) is 0 Å². The topological polar surface area (TPSA) is 75.1 Å². The maximum absolute atomic E-state index is 10.1. The molecule has 0 aliphatic heterocycles. The average Bonchev–Trinajstić information content (AvgIpc) is 2.01. The lowest BCUT2D eigenvalue weighted by Gasteiger charge is -2.00. The summed E-state index contributed by atoms with van der Waals surface area (Å²) < 4.78 is 0. The fraction of sp³-hybridized carbons (Fsp3) is 0.167. The quantitative estimate of drug-likeness (QED) is 0.679. The Hall–Kier alpha value is -1.36. The van der Waals surface area contributed by atoms with E-state index in [1.165, 1.54) is 12.4 Å². The van der Waals surface area contributed by atoms with Crippen LogP contribution in [0.5, 0.6) is 0 Å². The van der Waals surface area contributed by atoms with E-state index in [4.69, 9.17) is 16.7 Å². The molecule has 6 heteroatoms. The van der Waals surface area contributed by atoms with Crippen molar-refractivity contribution in [1.82, 2.24) is 9.97 Å². The molecular formula is C6H6ClN3O2. The van der Waals surface area contributed by atoms with Gasteiger partial charge in [0.1, 0.15) is 23.8 Å². The number of nitrogens with zero attached hydrogens (tertiary/aromatic N) is 2. The standard InChI is InChI=1S/C6H6ClN3O2/c7-4-1-5(10-3-9-4)8-2-6(11)12/h1,3H,2H2,(H,11,12)(H,8,9,10). The van der Waals surface area contributed by atoms with Crippen LogP contribution in [0.25, 0.3) is 0 Å². The van der Waals surface area contributed by atoms with Crippen molar-refractivity contribution in [2.45, 2.75) is 0 Å². The highest BCUT2D eigenvalue weighted by molar-refractivity contribution is 6.29. The van der Waals surface area contributed by atoms with Crippen molar-refractivity contribution in [1.29, 1.82) is 0 Å². The molecular weight excluding hydrogens is 182 g/mol. The normalized spacial score (nSPS) is 9.42. The van der Waals surface area contributed by atoms with E-state index in [2.05, 4.69) is 15.3 Å². The number of anilines is 1. The van der Waals surface area contributed by atoms with E-state index in [0.29, 0.717) is 5.82 Å². The molecule has 5 nitrogen and oxygen atoms in total. The summed E-state index contributed by atoms with van der Waals surface area (Å²) in [7, 11) is 0. The maximum atomic E-state index is 10.1. The minimum absolute atomic E-state index is 0.187. The maximum Gasteiger partial charge on any atom is 0.322 e. The second kappa shape index (κ2) is 3.87. The molecule has 0 amide bonds. The fourth-order valence-corrected chi connectivity index (χ4v) is 0.743. The van der Waals surface area contributed by atoms with E-state index in [1.54, 1.807) is 0 Å². The molecule has 0 fully saturated rings. The predicted octanol–water partition coefficient (Wildman–Crippen LogP) is 0.627. The number of carboxylic acid groups (broad SMARTS) is 1. The minimum Gasteiger partial charge on any atom is -0.480 e. The van der Waals surface area contributed by atoms with Crippen molar-refractivity contribution >= 4 is 23.4 Å². The molecule has 0 radical (unpaired) electrons. The molecule has 64 valence electrons. The van der Waals surface area contributed by atoms with Gasteiger partial charge < -0.3 is 10.4 Å². The number of halogens is 1. The van der Waals surface area contributed by atoms with Crippen LogP contribution in [0.4, 0.5) is 5.82 Å². The molecule has 2 N–H and O–H groups in total. The highest BCUT2D eigenvalue weighted by atomic mass is 35.5. The first-order valence-corrected chi connectivity index (χ1v) is 3.49. The molecule has 0 bridgehead atoms. The zero-order chi connectivity index (χ0) is 8.97. The highest BCUT2D eigenvalue weighted by Gasteiger charge is 1.98. The summed E-state index contributed by atoms with van der Waals surface area (Å²) in [6.45, 7) is -0.187. The van der Waals surface area contributed by atoms with E-state index in [-0.39, 0.29) is 11.7 Å². The van der Waals surface area contributed by atoms with E-state index in [1.807, 2.05) is 0 Å². The number of rotatable bonds is 3. The molecule has 1 aromatic heterocycles. The van der Waals surface area contributed by atoms with Crippen LogP contribution in [0, 0.1) is 0 Å².